The zero-order chi connectivity index (χ0) is 15.2. The Labute approximate surface area is 130 Å². The molecule has 1 atom stereocenters. The third kappa shape index (κ3) is 3.40. The number of halogens is 2. The Hall–Kier alpha value is -0.0400. The van der Waals surface area contributed by atoms with Crippen molar-refractivity contribution in [1.29, 1.82) is 0 Å². The number of hydrogen-bond acceptors (Lipinski definition) is 4. The Morgan fingerprint density at radius 3 is 2.10 bits per heavy atom. The number of alkyl halides is 2. The van der Waals surface area contributed by atoms with E-state index in [0.717, 1.165) is 0 Å². The normalized spacial score (nSPS) is 30.3. The molecule has 20 heavy (non-hydrogen) atoms. The molecule has 1 saturated carbocycles. The van der Waals surface area contributed by atoms with Gasteiger partial charge < -0.3 is 4.90 Å². The van der Waals surface area contributed by atoms with Crippen LogP contribution in [0.5, 0.6) is 0 Å². The van der Waals surface area contributed by atoms with Gasteiger partial charge in [0.2, 0.25) is 5.91 Å². The van der Waals surface area contributed by atoms with Crippen LogP contribution in [0, 0.1) is 5.41 Å². The molecule has 8 heteroatoms. The largest absolute Gasteiger partial charge is 0.340 e. The molecule has 0 aromatic carbocycles. The summed E-state index contributed by atoms with van der Waals surface area (Å²) in [5.74, 6) is 0.163. The van der Waals surface area contributed by atoms with Crippen LogP contribution in [0.3, 0.4) is 0 Å². The third-order valence-corrected chi connectivity index (χ3v) is 6.19. The predicted octanol–water partition coefficient (Wildman–Crippen LogP) is 0.759. The van der Waals surface area contributed by atoms with E-state index in [4.69, 9.17) is 23.2 Å². The quantitative estimate of drug-likeness (QED) is 0.707. The summed E-state index contributed by atoms with van der Waals surface area (Å²) in [6.07, 6.45) is 1.73. The average molecular weight is 343 g/mol. The standard InChI is InChI=1S/C12H20Cl2N2O3S/c1-11(9-12(11,13)14)10(17)16-5-3-15(4-6-16)7-8-20(2,18)19/h3-9H2,1-2H3/t11-/m1/s1. The van der Waals surface area contributed by atoms with E-state index in [2.05, 4.69) is 4.90 Å². The number of hydrogen-bond donors (Lipinski definition) is 0. The molecule has 0 radical (unpaired) electrons. The lowest BCUT2D eigenvalue weighted by Gasteiger charge is -2.36. The van der Waals surface area contributed by atoms with Crippen molar-refractivity contribution in [3.05, 3.63) is 0 Å². The van der Waals surface area contributed by atoms with Crippen LogP contribution in [0.15, 0.2) is 0 Å². The molecule has 0 bridgehead atoms. The second kappa shape index (κ2) is 5.30. The maximum absolute atomic E-state index is 12.4. The second-order valence-corrected chi connectivity index (χ2v) is 9.72. The first-order valence-electron chi connectivity index (χ1n) is 6.62. The van der Waals surface area contributed by atoms with Crippen LogP contribution in [0.1, 0.15) is 13.3 Å². The molecule has 1 aliphatic heterocycles. The fourth-order valence-corrected chi connectivity index (χ4v) is 3.74. The molecular weight excluding hydrogens is 323 g/mol. The summed E-state index contributed by atoms with van der Waals surface area (Å²) in [7, 11) is -2.94. The Bertz CT molecular complexity index is 501. The van der Waals surface area contributed by atoms with E-state index in [0.29, 0.717) is 39.1 Å². The van der Waals surface area contributed by atoms with Gasteiger partial charge in [0.1, 0.15) is 14.2 Å². The fourth-order valence-electron chi connectivity index (χ4n) is 2.45. The van der Waals surface area contributed by atoms with Gasteiger partial charge in [-0.1, -0.05) is 0 Å². The van der Waals surface area contributed by atoms with Gasteiger partial charge in [-0.05, 0) is 13.3 Å². The first-order chi connectivity index (χ1) is 9.05. The van der Waals surface area contributed by atoms with Crippen molar-refractivity contribution in [3.63, 3.8) is 0 Å². The summed E-state index contributed by atoms with van der Waals surface area (Å²) in [6.45, 7) is 4.90. The van der Waals surface area contributed by atoms with Crippen molar-refractivity contribution in [2.75, 3.05) is 44.7 Å². The number of piperazine rings is 1. The van der Waals surface area contributed by atoms with Crippen molar-refractivity contribution in [2.45, 2.75) is 17.7 Å². The third-order valence-electron chi connectivity index (χ3n) is 4.17. The van der Waals surface area contributed by atoms with Gasteiger partial charge >= 0.3 is 0 Å². The smallest absolute Gasteiger partial charge is 0.231 e. The molecule has 0 aromatic rings. The van der Waals surface area contributed by atoms with E-state index in [1.165, 1.54) is 6.26 Å². The van der Waals surface area contributed by atoms with E-state index in [1.54, 1.807) is 11.8 Å². The minimum Gasteiger partial charge on any atom is -0.340 e. The predicted molar refractivity (Wildman–Crippen MR) is 79.9 cm³/mol. The van der Waals surface area contributed by atoms with Crippen LogP contribution in [0.25, 0.3) is 0 Å². The molecular formula is C12H20Cl2N2O3S. The SMILES string of the molecule is C[C@]1(C(=O)N2CCN(CCS(C)(=O)=O)CC2)CC1(Cl)Cl. The zero-order valence-electron chi connectivity index (χ0n) is 11.7. The molecule has 5 nitrogen and oxygen atoms in total. The molecule has 0 spiro atoms. The summed E-state index contributed by atoms with van der Waals surface area (Å²) in [5.41, 5.74) is -0.662. The summed E-state index contributed by atoms with van der Waals surface area (Å²) in [5, 5.41) is 0. The summed E-state index contributed by atoms with van der Waals surface area (Å²) < 4.78 is 21.3. The average Bonchev–Trinajstić information content (AvgIpc) is 2.86. The first kappa shape index (κ1) is 16.3. The van der Waals surface area contributed by atoms with E-state index in [9.17, 15) is 13.2 Å². The molecule has 116 valence electrons. The number of sulfone groups is 1. The van der Waals surface area contributed by atoms with Crippen molar-refractivity contribution >= 4 is 38.9 Å². The molecule has 0 unspecified atom stereocenters. The van der Waals surface area contributed by atoms with Gasteiger partial charge in [-0.2, -0.15) is 0 Å². The van der Waals surface area contributed by atoms with Crippen LogP contribution in [-0.4, -0.2) is 73.2 Å². The van der Waals surface area contributed by atoms with Crippen LogP contribution in [0.2, 0.25) is 0 Å². The highest BCUT2D eigenvalue weighted by molar-refractivity contribution is 7.90. The minimum absolute atomic E-state index is 0.00487. The first-order valence-corrected chi connectivity index (χ1v) is 9.44. The Balaban J connectivity index is 1.82. The van der Waals surface area contributed by atoms with Crippen molar-refractivity contribution in [3.8, 4) is 0 Å². The van der Waals surface area contributed by atoms with Gasteiger partial charge in [0, 0.05) is 39.0 Å². The second-order valence-electron chi connectivity index (χ2n) is 5.98. The van der Waals surface area contributed by atoms with Crippen molar-refractivity contribution in [1.82, 2.24) is 9.80 Å². The van der Waals surface area contributed by atoms with Crippen LogP contribution < -0.4 is 0 Å². The minimum atomic E-state index is -2.94. The number of carbonyl (C=O) groups is 1. The molecule has 2 aliphatic rings. The summed E-state index contributed by atoms with van der Waals surface area (Å²) in [6, 6.07) is 0. The Kier molecular flexibility index (Phi) is 4.33. The van der Waals surface area contributed by atoms with E-state index in [1.807, 2.05) is 0 Å². The highest BCUT2D eigenvalue weighted by atomic mass is 35.5. The molecule has 0 N–H and O–H groups in total. The maximum Gasteiger partial charge on any atom is 0.231 e. The lowest BCUT2D eigenvalue weighted by atomic mass is 10.1. The number of rotatable bonds is 4. The molecule has 1 heterocycles. The fraction of sp³-hybridized carbons (Fsp3) is 0.917. The molecule has 1 aliphatic carbocycles. The highest BCUT2D eigenvalue weighted by Gasteiger charge is 2.68. The lowest BCUT2D eigenvalue weighted by Crippen LogP contribution is -2.51. The number of amides is 1. The molecule has 1 amide bonds. The van der Waals surface area contributed by atoms with Gasteiger partial charge in [0.05, 0.1) is 11.2 Å². The van der Waals surface area contributed by atoms with Gasteiger partial charge in [0.15, 0.2) is 0 Å². The molecule has 2 fully saturated rings. The van der Waals surface area contributed by atoms with Gasteiger partial charge in [-0.3, -0.25) is 9.69 Å². The monoisotopic (exact) mass is 342 g/mol. The maximum atomic E-state index is 12.4. The van der Waals surface area contributed by atoms with Crippen LogP contribution in [-0.2, 0) is 14.6 Å². The van der Waals surface area contributed by atoms with E-state index in [-0.39, 0.29) is 11.7 Å². The molecule has 0 aromatic heterocycles. The van der Waals surface area contributed by atoms with Crippen LogP contribution in [0.4, 0.5) is 0 Å². The van der Waals surface area contributed by atoms with Crippen molar-refractivity contribution in [2.24, 2.45) is 5.41 Å². The van der Waals surface area contributed by atoms with Gasteiger partial charge in [-0.25, -0.2) is 8.42 Å². The summed E-state index contributed by atoms with van der Waals surface area (Å²) in [4.78, 5) is 16.2. The summed E-state index contributed by atoms with van der Waals surface area (Å²) >= 11 is 12.1. The molecule has 1 saturated heterocycles. The van der Waals surface area contributed by atoms with Crippen LogP contribution >= 0.6 is 23.2 Å². The number of carbonyl (C=O) groups excluding carboxylic acids is 1. The van der Waals surface area contributed by atoms with Gasteiger partial charge in [0.25, 0.3) is 0 Å². The lowest BCUT2D eigenvalue weighted by molar-refractivity contribution is -0.138. The topological polar surface area (TPSA) is 57.7 Å². The van der Waals surface area contributed by atoms with E-state index < -0.39 is 19.6 Å². The highest BCUT2D eigenvalue weighted by Crippen LogP contribution is 2.64. The zero-order valence-corrected chi connectivity index (χ0v) is 14.1. The van der Waals surface area contributed by atoms with E-state index >= 15 is 0 Å². The Morgan fingerprint density at radius 1 is 1.20 bits per heavy atom. The molecule has 2 rings (SSSR count). The van der Waals surface area contributed by atoms with Crippen molar-refractivity contribution < 1.29 is 13.2 Å². The number of nitrogens with zero attached hydrogens (tertiary/aromatic N) is 2. The van der Waals surface area contributed by atoms with Gasteiger partial charge in [-0.15, -0.1) is 23.2 Å². The Morgan fingerprint density at radius 2 is 1.70 bits per heavy atom.